The molecule has 0 aliphatic carbocycles. The van der Waals surface area contributed by atoms with E-state index in [1.807, 2.05) is 6.92 Å². The molecular formula is C15H23ClN4OS. The number of aliphatic hydroxyl groups excluding tert-OH is 1. The van der Waals surface area contributed by atoms with Crippen LogP contribution in [-0.2, 0) is 6.42 Å². The van der Waals surface area contributed by atoms with Crippen LogP contribution in [0.1, 0.15) is 17.6 Å². The van der Waals surface area contributed by atoms with E-state index in [9.17, 15) is 0 Å². The Kier molecular flexibility index (Phi) is 5.97. The van der Waals surface area contributed by atoms with Gasteiger partial charge in [-0.25, -0.2) is 9.97 Å². The summed E-state index contributed by atoms with van der Waals surface area (Å²) < 4.78 is 0. The molecule has 0 unspecified atom stereocenters. The monoisotopic (exact) mass is 342 g/mol. The van der Waals surface area contributed by atoms with Crippen molar-refractivity contribution in [2.75, 3.05) is 44.2 Å². The minimum Gasteiger partial charge on any atom is -0.395 e. The number of piperazine rings is 1. The van der Waals surface area contributed by atoms with Gasteiger partial charge in [-0.15, -0.1) is 23.7 Å². The van der Waals surface area contributed by atoms with E-state index in [-0.39, 0.29) is 19.0 Å². The Bertz CT molecular complexity index is 625. The van der Waals surface area contributed by atoms with Crippen LogP contribution in [0.5, 0.6) is 0 Å². The highest BCUT2D eigenvalue weighted by Gasteiger charge is 2.21. The lowest BCUT2D eigenvalue weighted by atomic mass is 10.2. The summed E-state index contributed by atoms with van der Waals surface area (Å²) in [5.41, 5.74) is 0. The first-order valence-corrected chi connectivity index (χ1v) is 8.38. The van der Waals surface area contributed by atoms with Gasteiger partial charge in [0.2, 0.25) is 0 Å². The second-order valence-corrected chi connectivity index (χ2v) is 6.55. The fourth-order valence-corrected chi connectivity index (χ4v) is 3.81. The van der Waals surface area contributed by atoms with E-state index in [4.69, 9.17) is 10.1 Å². The van der Waals surface area contributed by atoms with Crippen molar-refractivity contribution >= 4 is 39.8 Å². The summed E-state index contributed by atoms with van der Waals surface area (Å²) in [6.45, 7) is 9.04. The van der Waals surface area contributed by atoms with E-state index in [1.54, 1.807) is 11.3 Å². The molecule has 0 amide bonds. The van der Waals surface area contributed by atoms with Gasteiger partial charge >= 0.3 is 0 Å². The molecule has 1 saturated heterocycles. The zero-order chi connectivity index (χ0) is 14.8. The fourth-order valence-electron chi connectivity index (χ4n) is 2.80. The Hall–Kier alpha value is -0.950. The van der Waals surface area contributed by atoms with Gasteiger partial charge in [0.05, 0.1) is 12.0 Å². The van der Waals surface area contributed by atoms with Crippen molar-refractivity contribution < 1.29 is 5.11 Å². The van der Waals surface area contributed by atoms with Crippen LogP contribution in [-0.4, -0.2) is 59.3 Å². The Labute approximate surface area is 141 Å². The number of aromatic nitrogens is 2. The number of halogens is 1. The third kappa shape index (κ3) is 3.51. The van der Waals surface area contributed by atoms with E-state index >= 15 is 0 Å². The Morgan fingerprint density at radius 3 is 2.59 bits per heavy atom. The minimum absolute atomic E-state index is 0. The van der Waals surface area contributed by atoms with Crippen molar-refractivity contribution in [1.29, 1.82) is 0 Å². The molecule has 1 fully saturated rings. The number of thiophene rings is 1. The molecular weight excluding hydrogens is 320 g/mol. The summed E-state index contributed by atoms with van der Waals surface area (Å²) in [5, 5.41) is 10.2. The van der Waals surface area contributed by atoms with Gasteiger partial charge in [-0.2, -0.15) is 0 Å². The molecule has 1 aliphatic rings. The van der Waals surface area contributed by atoms with Crippen LogP contribution in [0.2, 0.25) is 0 Å². The average Bonchev–Trinajstić information content (AvgIpc) is 2.90. The number of hydrogen-bond donors (Lipinski definition) is 1. The van der Waals surface area contributed by atoms with Gasteiger partial charge in [0.25, 0.3) is 0 Å². The number of fused-ring (bicyclic) bond motifs is 1. The predicted octanol–water partition coefficient (Wildman–Crippen LogP) is 2.10. The van der Waals surface area contributed by atoms with Crippen molar-refractivity contribution in [3.8, 4) is 0 Å². The molecule has 122 valence electrons. The van der Waals surface area contributed by atoms with Crippen LogP contribution in [0, 0.1) is 6.92 Å². The number of rotatable bonds is 4. The van der Waals surface area contributed by atoms with Gasteiger partial charge in [0.15, 0.2) is 0 Å². The van der Waals surface area contributed by atoms with Crippen molar-refractivity contribution in [1.82, 2.24) is 14.9 Å². The van der Waals surface area contributed by atoms with Gasteiger partial charge in [-0.1, -0.05) is 6.92 Å². The first kappa shape index (κ1) is 17.4. The van der Waals surface area contributed by atoms with Crippen LogP contribution in [0.3, 0.4) is 0 Å². The van der Waals surface area contributed by atoms with E-state index < -0.39 is 0 Å². The van der Waals surface area contributed by atoms with Crippen LogP contribution >= 0.6 is 23.7 Å². The number of nitrogens with zero attached hydrogens (tertiary/aromatic N) is 4. The molecule has 5 nitrogen and oxygen atoms in total. The largest absolute Gasteiger partial charge is 0.395 e. The normalized spacial score (nSPS) is 16.0. The highest BCUT2D eigenvalue weighted by Crippen LogP contribution is 2.31. The van der Waals surface area contributed by atoms with Gasteiger partial charge in [-0.05, 0) is 19.4 Å². The van der Waals surface area contributed by atoms with E-state index in [2.05, 4.69) is 27.8 Å². The third-order valence-electron chi connectivity index (χ3n) is 3.97. The standard InChI is InChI=1S/C15H22N4OS.ClH/c1-3-12-10-13-14(16-11(2)17-15(13)21-12)19-6-4-18(5-7-19)8-9-20;/h10,20H,3-9H2,1-2H3;1H. The number of hydrogen-bond acceptors (Lipinski definition) is 6. The van der Waals surface area contributed by atoms with E-state index in [0.29, 0.717) is 0 Å². The number of anilines is 1. The molecule has 0 saturated carbocycles. The molecule has 22 heavy (non-hydrogen) atoms. The van der Waals surface area contributed by atoms with E-state index in [1.165, 1.54) is 10.3 Å². The molecule has 3 rings (SSSR count). The number of aliphatic hydroxyl groups is 1. The maximum atomic E-state index is 9.03. The summed E-state index contributed by atoms with van der Waals surface area (Å²) in [4.78, 5) is 16.4. The summed E-state index contributed by atoms with van der Waals surface area (Å²) in [6.07, 6.45) is 1.05. The molecule has 1 aliphatic heterocycles. The van der Waals surface area contributed by atoms with Crippen LogP contribution in [0.25, 0.3) is 10.2 Å². The summed E-state index contributed by atoms with van der Waals surface area (Å²) >= 11 is 1.78. The summed E-state index contributed by atoms with van der Waals surface area (Å²) in [6, 6.07) is 2.24. The number of β-amino-alcohol motifs (C(OH)–C–C–N with tert-alkyl or cyclic N) is 1. The molecule has 7 heteroatoms. The topological polar surface area (TPSA) is 52.5 Å². The van der Waals surface area contributed by atoms with Crippen LogP contribution < -0.4 is 4.90 Å². The van der Waals surface area contributed by atoms with Gasteiger partial charge in [0, 0.05) is 37.6 Å². The highest BCUT2D eigenvalue weighted by molar-refractivity contribution is 7.18. The maximum Gasteiger partial charge on any atom is 0.141 e. The van der Waals surface area contributed by atoms with Gasteiger partial charge in [0.1, 0.15) is 16.5 Å². The zero-order valence-electron chi connectivity index (χ0n) is 13.1. The molecule has 0 aromatic carbocycles. The molecule has 3 heterocycles. The molecule has 0 atom stereocenters. The lowest BCUT2D eigenvalue weighted by Crippen LogP contribution is -2.47. The molecule has 0 radical (unpaired) electrons. The number of aryl methyl sites for hydroxylation is 2. The third-order valence-corrected chi connectivity index (χ3v) is 5.15. The Morgan fingerprint density at radius 1 is 1.23 bits per heavy atom. The zero-order valence-corrected chi connectivity index (χ0v) is 14.7. The van der Waals surface area contributed by atoms with Gasteiger partial charge in [-0.3, -0.25) is 4.90 Å². The molecule has 2 aromatic rings. The summed E-state index contributed by atoms with van der Waals surface area (Å²) in [7, 11) is 0. The molecule has 0 bridgehead atoms. The second-order valence-electron chi connectivity index (χ2n) is 5.43. The lowest BCUT2D eigenvalue weighted by Gasteiger charge is -2.35. The van der Waals surface area contributed by atoms with Crippen LogP contribution in [0.15, 0.2) is 6.07 Å². The quantitative estimate of drug-likeness (QED) is 0.922. The molecule has 0 spiro atoms. The SMILES string of the molecule is CCc1cc2c(N3CCN(CCO)CC3)nc(C)nc2s1.Cl. The first-order chi connectivity index (χ1) is 10.2. The van der Waals surface area contributed by atoms with Crippen molar-refractivity contribution in [3.05, 3.63) is 16.8 Å². The summed E-state index contributed by atoms with van der Waals surface area (Å²) in [5.74, 6) is 1.93. The maximum absolute atomic E-state index is 9.03. The second kappa shape index (κ2) is 7.55. The van der Waals surface area contributed by atoms with Crippen molar-refractivity contribution in [2.45, 2.75) is 20.3 Å². The highest BCUT2D eigenvalue weighted by atomic mass is 35.5. The van der Waals surface area contributed by atoms with Crippen LogP contribution in [0.4, 0.5) is 5.82 Å². The molecule has 2 aromatic heterocycles. The van der Waals surface area contributed by atoms with E-state index in [0.717, 1.165) is 55.6 Å². The predicted molar refractivity (Wildman–Crippen MR) is 94.5 cm³/mol. The average molecular weight is 343 g/mol. The van der Waals surface area contributed by atoms with Crippen molar-refractivity contribution in [3.63, 3.8) is 0 Å². The Morgan fingerprint density at radius 2 is 1.95 bits per heavy atom. The molecule has 1 N–H and O–H groups in total. The lowest BCUT2D eigenvalue weighted by molar-refractivity contribution is 0.188. The fraction of sp³-hybridized carbons (Fsp3) is 0.600. The Balaban J connectivity index is 0.00000176. The minimum atomic E-state index is 0. The first-order valence-electron chi connectivity index (χ1n) is 7.56. The van der Waals surface area contributed by atoms with Gasteiger partial charge < -0.3 is 10.0 Å². The van der Waals surface area contributed by atoms with Crippen molar-refractivity contribution in [2.24, 2.45) is 0 Å². The smallest absolute Gasteiger partial charge is 0.141 e.